The summed E-state index contributed by atoms with van der Waals surface area (Å²) in [6, 6.07) is 10.2. The molecular formula is C13H13N3O. The van der Waals surface area contributed by atoms with Gasteiger partial charge in [0.05, 0.1) is 5.69 Å². The summed E-state index contributed by atoms with van der Waals surface area (Å²) in [6.45, 7) is 2.08. The van der Waals surface area contributed by atoms with Gasteiger partial charge in [0.25, 0.3) is 0 Å². The van der Waals surface area contributed by atoms with E-state index in [4.69, 9.17) is 10.3 Å². The first kappa shape index (κ1) is 9.96. The average molecular weight is 227 g/mol. The fourth-order valence-corrected chi connectivity index (χ4v) is 2.09. The first-order chi connectivity index (χ1) is 8.15. The highest BCUT2D eigenvalue weighted by atomic mass is 16.5. The highest BCUT2D eigenvalue weighted by Gasteiger charge is 2.11. The molecule has 0 saturated carbocycles. The molecule has 0 fully saturated rings. The van der Waals surface area contributed by atoms with E-state index in [0.29, 0.717) is 11.6 Å². The molecule has 1 aromatic carbocycles. The predicted octanol–water partition coefficient (Wildman–Crippen LogP) is 2.72. The number of nitrogen functional groups attached to an aromatic ring is 1. The lowest BCUT2D eigenvalue weighted by Gasteiger charge is -2.00. The Hall–Kier alpha value is -2.23. The number of aryl methyl sites for hydroxylation is 2. The zero-order chi connectivity index (χ0) is 12.0. The summed E-state index contributed by atoms with van der Waals surface area (Å²) in [4.78, 5) is 0. The number of hydrogen-bond donors (Lipinski definition) is 1. The highest BCUT2D eigenvalue weighted by Crippen LogP contribution is 2.28. The number of fused-ring (bicyclic) bond motifs is 1. The number of aromatic nitrogens is 2. The lowest BCUT2D eigenvalue weighted by atomic mass is 10.2. The average Bonchev–Trinajstić information content (AvgIpc) is 2.84. The first-order valence-electron chi connectivity index (χ1n) is 5.44. The van der Waals surface area contributed by atoms with Crippen molar-refractivity contribution in [3.63, 3.8) is 0 Å². The van der Waals surface area contributed by atoms with Crippen LogP contribution in [0.25, 0.3) is 22.4 Å². The van der Waals surface area contributed by atoms with Gasteiger partial charge in [-0.15, -0.1) is 0 Å². The summed E-state index contributed by atoms with van der Waals surface area (Å²) in [6.07, 6.45) is 0. The van der Waals surface area contributed by atoms with Gasteiger partial charge in [-0.1, -0.05) is 17.3 Å². The zero-order valence-electron chi connectivity index (χ0n) is 9.77. The van der Waals surface area contributed by atoms with Crippen molar-refractivity contribution in [2.75, 3.05) is 5.73 Å². The van der Waals surface area contributed by atoms with Crippen molar-refractivity contribution in [3.8, 4) is 11.5 Å². The van der Waals surface area contributed by atoms with Gasteiger partial charge in [-0.05, 0) is 24.6 Å². The van der Waals surface area contributed by atoms with Crippen LogP contribution in [0, 0.1) is 6.92 Å². The van der Waals surface area contributed by atoms with Crippen molar-refractivity contribution in [3.05, 3.63) is 35.9 Å². The summed E-state index contributed by atoms with van der Waals surface area (Å²) in [5, 5.41) is 4.89. The van der Waals surface area contributed by atoms with Crippen LogP contribution in [0.2, 0.25) is 0 Å². The molecule has 4 heteroatoms. The number of hydrogen-bond acceptors (Lipinski definition) is 3. The van der Waals surface area contributed by atoms with Gasteiger partial charge in [-0.2, -0.15) is 0 Å². The van der Waals surface area contributed by atoms with Crippen LogP contribution in [-0.4, -0.2) is 9.72 Å². The molecule has 0 aliphatic heterocycles. The van der Waals surface area contributed by atoms with Gasteiger partial charge in [0.1, 0.15) is 0 Å². The number of rotatable bonds is 1. The van der Waals surface area contributed by atoms with E-state index in [-0.39, 0.29) is 0 Å². The lowest BCUT2D eigenvalue weighted by molar-refractivity contribution is 0.433. The minimum atomic E-state index is 0.404. The van der Waals surface area contributed by atoms with Crippen LogP contribution in [0.15, 0.2) is 34.9 Å². The third-order valence-electron chi connectivity index (χ3n) is 2.98. The Morgan fingerprint density at radius 1 is 1.24 bits per heavy atom. The fourth-order valence-electron chi connectivity index (χ4n) is 2.09. The summed E-state index contributed by atoms with van der Waals surface area (Å²) in [5.74, 6) is 1.10. The Labute approximate surface area is 98.6 Å². The topological polar surface area (TPSA) is 57.0 Å². The van der Waals surface area contributed by atoms with E-state index >= 15 is 0 Å². The molecule has 0 saturated heterocycles. The molecule has 0 atom stereocenters. The Balaban J connectivity index is 2.27. The van der Waals surface area contributed by atoms with Crippen LogP contribution in [0.1, 0.15) is 5.56 Å². The molecule has 0 radical (unpaired) electrons. The number of nitrogens with two attached hydrogens (primary N) is 1. The molecule has 3 rings (SSSR count). The normalized spacial score (nSPS) is 11.2. The summed E-state index contributed by atoms with van der Waals surface area (Å²) in [5.41, 5.74) is 8.97. The van der Waals surface area contributed by atoms with E-state index in [9.17, 15) is 0 Å². The van der Waals surface area contributed by atoms with Crippen LogP contribution in [-0.2, 0) is 7.05 Å². The molecule has 0 amide bonds. The Morgan fingerprint density at radius 3 is 2.76 bits per heavy atom. The predicted molar refractivity (Wildman–Crippen MR) is 67.6 cm³/mol. The van der Waals surface area contributed by atoms with E-state index in [1.807, 2.05) is 7.05 Å². The minimum absolute atomic E-state index is 0.404. The molecule has 17 heavy (non-hydrogen) atoms. The van der Waals surface area contributed by atoms with Gasteiger partial charge in [-0.25, -0.2) is 0 Å². The van der Waals surface area contributed by atoms with E-state index < -0.39 is 0 Å². The second kappa shape index (κ2) is 3.38. The van der Waals surface area contributed by atoms with Crippen LogP contribution in [0.5, 0.6) is 0 Å². The molecule has 86 valence electrons. The molecule has 0 spiro atoms. The van der Waals surface area contributed by atoms with Crippen molar-refractivity contribution in [2.45, 2.75) is 6.92 Å². The Morgan fingerprint density at radius 2 is 2.06 bits per heavy atom. The number of anilines is 1. The molecule has 0 aliphatic carbocycles. The second-order valence-corrected chi connectivity index (χ2v) is 4.27. The highest BCUT2D eigenvalue weighted by molar-refractivity contribution is 5.86. The molecule has 2 N–H and O–H groups in total. The molecule has 0 unspecified atom stereocenters. The molecule has 0 aliphatic rings. The van der Waals surface area contributed by atoms with Crippen LogP contribution >= 0.6 is 0 Å². The van der Waals surface area contributed by atoms with Crippen LogP contribution in [0.4, 0.5) is 5.82 Å². The standard InChI is InChI=1S/C13H13N3O/c1-8-3-4-9-6-11(16(2)10(9)5-8)12-7-13(14)15-17-12/h3-7H,1-2H3,(H2,14,15). The first-order valence-corrected chi connectivity index (χ1v) is 5.44. The number of nitrogens with zero attached hydrogens (tertiary/aromatic N) is 2. The molecule has 2 heterocycles. The summed E-state index contributed by atoms with van der Waals surface area (Å²) < 4.78 is 7.28. The van der Waals surface area contributed by atoms with Crippen LogP contribution in [0.3, 0.4) is 0 Å². The maximum absolute atomic E-state index is 5.57. The van der Waals surface area contributed by atoms with Crippen molar-refractivity contribution < 1.29 is 4.52 Å². The lowest BCUT2D eigenvalue weighted by Crippen LogP contribution is -1.90. The third-order valence-corrected chi connectivity index (χ3v) is 2.98. The van der Waals surface area contributed by atoms with Crippen molar-refractivity contribution in [1.29, 1.82) is 0 Å². The van der Waals surface area contributed by atoms with Crippen molar-refractivity contribution in [2.24, 2.45) is 7.05 Å². The van der Waals surface area contributed by atoms with Crippen LogP contribution < -0.4 is 5.73 Å². The largest absolute Gasteiger partial charge is 0.381 e. The molecule has 2 aromatic heterocycles. The van der Waals surface area contributed by atoms with E-state index in [2.05, 4.69) is 40.9 Å². The van der Waals surface area contributed by atoms with Gasteiger partial charge in [0.15, 0.2) is 11.6 Å². The van der Waals surface area contributed by atoms with E-state index in [1.165, 1.54) is 16.5 Å². The molecular weight excluding hydrogens is 214 g/mol. The SMILES string of the molecule is Cc1ccc2cc(-c3cc(N)no3)n(C)c2c1. The van der Waals surface area contributed by atoms with Crippen molar-refractivity contribution in [1.82, 2.24) is 9.72 Å². The third kappa shape index (κ3) is 1.49. The van der Waals surface area contributed by atoms with Gasteiger partial charge in [0.2, 0.25) is 0 Å². The van der Waals surface area contributed by atoms with Crippen molar-refractivity contribution >= 4 is 16.7 Å². The molecule has 0 bridgehead atoms. The van der Waals surface area contributed by atoms with Gasteiger partial charge < -0.3 is 14.8 Å². The Kier molecular flexibility index (Phi) is 1.98. The quantitative estimate of drug-likeness (QED) is 0.695. The zero-order valence-corrected chi connectivity index (χ0v) is 9.77. The number of benzene rings is 1. The van der Waals surface area contributed by atoms with E-state index in [1.54, 1.807) is 6.07 Å². The monoisotopic (exact) mass is 227 g/mol. The summed E-state index contributed by atoms with van der Waals surface area (Å²) >= 11 is 0. The molecule has 4 nitrogen and oxygen atoms in total. The summed E-state index contributed by atoms with van der Waals surface area (Å²) in [7, 11) is 2.01. The maximum atomic E-state index is 5.57. The van der Waals surface area contributed by atoms with Gasteiger partial charge in [-0.3, -0.25) is 0 Å². The second-order valence-electron chi connectivity index (χ2n) is 4.27. The maximum Gasteiger partial charge on any atom is 0.185 e. The van der Waals surface area contributed by atoms with Gasteiger partial charge in [0, 0.05) is 24.0 Å². The Bertz CT molecular complexity index is 694. The minimum Gasteiger partial charge on any atom is -0.381 e. The van der Waals surface area contributed by atoms with E-state index in [0.717, 1.165) is 5.69 Å². The molecule has 3 aromatic rings. The van der Waals surface area contributed by atoms with Gasteiger partial charge >= 0.3 is 0 Å². The smallest absolute Gasteiger partial charge is 0.185 e. The fraction of sp³-hybridized carbons (Fsp3) is 0.154.